The van der Waals surface area contributed by atoms with Crippen molar-refractivity contribution in [2.24, 2.45) is 0 Å². The molecule has 2 aromatic heterocycles. The summed E-state index contributed by atoms with van der Waals surface area (Å²) in [5.74, 6) is 0.326. The van der Waals surface area contributed by atoms with E-state index in [-0.39, 0.29) is 11.8 Å². The Morgan fingerprint density at radius 1 is 0.885 bits per heavy atom. The predicted molar refractivity (Wildman–Crippen MR) is 96.2 cm³/mol. The number of piperazine rings is 1. The molecule has 0 unspecified atom stereocenters. The Bertz CT molecular complexity index is 759. The van der Waals surface area contributed by atoms with Gasteiger partial charge in [-0.1, -0.05) is 0 Å². The Kier molecular flexibility index (Phi) is 4.60. The highest BCUT2D eigenvalue weighted by Crippen LogP contribution is 2.18. The third-order valence-corrected chi connectivity index (χ3v) is 5.02. The molecule has 4 rings (SSSR count). The first-order valence-corrected chi connectivity index (χ1v) is 9.05. The van der Waals surface area contributed by atoms with Crippen LogP contribution in [0.2, 0.25) is 0 Å². The van der Waals surface area contributed by atoms with Gasteiger partial charge in [0.1, 0.15) is 5.69 Å². The maximum Gasteiger partial charge on any atom is 0.289 e. The van der Waals surface area contributed by atoms with Crippen LogP contribution in [0.3, 0.4) is 0 Å². The van der Waals surface area contributed by atoms with Gasteiger partial charge in [0.05, 0.1) is 18.1 Å². The van der Waals surface area contributed by atoms with Crippen molar-refractivity contribution in [2.75, 3.05) is 44.2 Å². The Morgan fingerprint density at radius 3 is 2.23 bits per heavy atom. The summed E-state index contributed by atoms with van der Waals surface area (Å²) in [6.45, 7) is 4.38. The number of nitrogens with zero attached hydrogens (tertiary/aromatic N) is 4. The summed E-state index contributed by atoms with van der Waals surface area (Å²) in [6, 6.07) is 7.16. The molecular formula is C19H22N4O3. The molecule has 0 atom stereocenters. The van der Waals surface area contributed by atoms with Gasteiger partial charge < -0.3 is 19.1 Å². The lowest BCUT2D eigenvalue weighted by atomic mass is 10.2. The number of anilines is 1. The highest BCUT2D eigenvalue weighted by Gasteiger charge is 2.25. The predicted octanol–water partition coefficient (Wildman–Crippen LogP) is 1.87. The molecular weight excluding hydrogens is 332 g/mol. The van der Waals surface area contributed by atoms with Crippen LogP contribution in [0.1, 0.15) is 33.9 Å². The molecule has 0 spiro atoms. The van der Waals surface area contributed by atoms with E-state index in [0.29, 0.717) is 24.5 Å². The third kappa shape index (κ3) is 3.29. The van der Waals surface area contributed by atoms with Gasteiger partial charge in [-0.25, -0.2) is 4.98 Å². The van der Waals surface area contributed by atoms with E-state index in [1.807, 2.05) is 11.0 Å². The van der Waals surface area contributed by atoms with Gasteiger partial charge in [-0.15, -0.1) is 0 Å². The van der Waals surface area contributed by atoms with Crippen molar-refractivity contribution < 1.29 is 14.0 Å². The molecule has 0 N–H and O–H groups in total. The summed E-state index contributed by atoms with van der Waals surface area (Å²) in [5.41, 5.74) is 1.48. The van der Waals surface area contributed by atoms with Crippen LogP contribution < -0.4 is 4.90 Å². The first-order valence-electron chi connectivity index (χ1n) is 9.05. The van der Waals surface area contributed by atoms with Gasteiger partial charge in [-0.2, -0.15) is 0 Å². The van der Waals surface area contributed by atoms with Gasteiger partial charge in [0.2, 0.25) is 0 Å². The van der Waals surface area contributed by atoms with Crippen molar-refractivity contribution in [3.8, 4) is 0 Å². The minimum absolute atomic E-state index is 0.0166. The van der Waals surface area contributed by atoms with Crippen molar-refractivity contribution in [3.05, 3.63) is 48.2 Å². The zero-order valence-corrected chi connectivity index (χ0v) is 14.6. The lowest BCUT2D eigenvalue weighted by Gasteiger charge is -2.35. The van der Waals surface area contributed by atoms with Crippen LogP contribution in [0.25, 0.3) is 0 Å². The zero-order chi connectivity index (χ0) is 17.9. The largest absolute Gasteiger partial charge is 0.459 e. The lowest BCUT2D eigenvalue weighted by molar-refractivity contribution is 0.0714. The standard InChI is InChI=1S/C19H22N4O3/c24-18(22-7-1-2-8-22)16-6-5-15(14-20-16)21-9-11-23(12-10-21)19(25)17-4-3-13-26-17/h3-6,13-14H,1-2,7-12H2. The molecule has 7 nitrogen and oxygen atoms in total. The number of hydrogen-bond donors (Lipinski definition) is 0. The van der Waals surface area contributed by atoms with Crippen molar-refractivity contribution >= 4 is 17.5 Å². The average Bonchev–Trinajstić information content (AvgIpc) is 3.41. The fourth-order valence-corrected chi connectivity index (χ4v) is 3.51. The summed E-state index contributed by atoms with van der Waals surface area (Å²) in [5, 5.41) is 0. The fourth-order valence-electron chi connectivity index (χ4n) is 3.51. The van der Waals surface area contributed by atoms with E-state index in [4.69, 9.17) is 4.42 Å². The van der Waals surface area contributed by atoms with Crippen molar-refractivity contribution in [3.63, 3.8) is 0 Å². The third-order valence-electron chi connectivity index (χ3n) is 5.02. The van der Waals surface area contributed by atoms with Crippen LogP contribution in [0.15, 0.2) is 41.1 Å². The second-order valence-electron chi connectivity index (χ2n) is 6.66. The van der Waals surface area contributed by atoms with E-state index in [2.05, 4.69) is 9.88 Å². The second-order valence-corrected chi connectivity index (χ2v) is 6.66. The van der Waals surface area contributed by atoms with Gasteiger partial charge in [0.25, 0.3) is 11.8 Å². The molecule has 0 radical (unpaired) electrons. The maximum absolute atomic E-state index is 12.4. The summed E-state index contributed by atoms with van der Waals surface area (Å²) < 4.78 is 5.19. The van der Waals surface area contributed by atoms with Crippen LogP contribution in [-0.4, -0.2) is 65.9 Å². The van der Waals surface area contributed by atoms with Crippen molar-refractivity contribution in [1.82, 2.24) is 14.8 Å². The molecule has 2 aliphatic rings. The topological polar surface area (TPSA) is 69.9 Å². The molecule has 0 aliphatic carbocycles. The SMILES string of the molecule is O=C(c1ccc(N2CCN(C(=O)c3ccco3)CC2)cn1)N1CCCC1. The molecule has 136 valence electrons. The molecule has 2 aliphatic heterocycles. The van der Waals surface area contributed by atoms with Crippen LogP contribution in [0.5, 0.6) is 0 Å². The molecule has 0 aromatic carbocycles. The number of aromatic nitrogens is 1. The van der Waals surface area contributed by atoms with Crippen molar-refractivity contribution in [1.29, 1.82) is 0 Å². The number of hydrogen-bond acceptors (Lipinski definition) is 5. The van der Waals surface area contributed by atoms with Crippen LogP contribution in [-0.2, 0) is 0 Å². The Labute approximate surface area is 152 Å². The fraction of sp³-hybridized carbons (Fsp3) is 0.421. The molecule has 2 amide bonds. The molecule has 2 saturated heterocycles. The number of likely N-dealkylation sites (tertiary alicyclic amines) is 1. The molecule has 7 heteroatoms. The van der Waals surface area contributed by atoms with Crippen LogP contribution >= 0.6 is 0 Å². The van der Waals surface area contributed by atoms with E-state index in [0.717, 1.165) is 44.7 Å². The van der Waals surface area contributed by atoms with Crippen molar-refractivity contribution in [2.45, 2.75) is 12.8 Å². The molecule has 2 aromatic rings. The van der Waals surface area contributed by atoms with E-state index in [1.54, 1.807) is 29.3 Å². The number of amides is 2. The van der Waals surface area contributed by atoms with Gasteiger partial charge in [0.15, 0.2) is 5.76 Å². The molecule has 0 saturated carbocycles. The first-order chi connectivity index (χ1) is 12.7. The zero-order valence-electron chi connectivity index (χ0n) is 14.6. The Hall–Kier alpha value is -2.83. The van der Waals surface area contributed by atoms with Crippen LogP contribution in [0.4, 0.5) is 5.69 Å². The highest BCUT2D eigenvalue weighted by atomic mass is 16.3. The highest BCUT2D eigenvalue weighted by molar-refractivity contribution is 5.93. The molecule has 2 fully saturated rings. The normalized spacial score (nSPS) is 17.6. The quantitative estimate of drug-likeness (QED) is 0.842. The molecule has 26 heavy (non-hydrogen) atoms. The van der Waals surface area contributed by atoms with E-state index < -0.39 is 0 Å². The Balaban J connectivity index is 1.35. The minimum Gasteiger partial charge on any atom is -0.459 e. The smallest absolute Gasteiger partial charge is 0.289 e. The second kappa shape index (κ2) is 7.19. The number of carbonyl (C=O) groups excluding carboxylic acids is 2. The number of carbonyl (C=O) groups is 2. The van der Waals surface area contributed by atoms with Gasteiger partial charge in [-0.3, -0.25) is 9.59 Å². The van der Waals surface area contributed by atoms with Gasteiger partial charge >= 0.3 is 0 Å². The number of rotatable bonds is 3. The summed E-state index contributed by atoms with van der Waals surface area (Å²) in [7, 11) is 0. The summed E-state index contributed by atoms with van der Waals surface area (Å²) in [6.07, 6.45) is 5.42. The summed E-state index contributed by atoms with van der Waals surface area (Å²) in [4.78, 5) is 34.9. The summed E-state index contributed by atoms with van der Waals surface area (Å²) >= 11 is 0. The van der Waals surface area contributed by atoms with E-state index >= 15 is 0 Å². The van der Waals surface area contributed by atoms with Gasteiger partial charge in [-0.05, 0) is 37.1 Å². The van der Waals surface area contributed by atoms with Crippen LogP contribution in [0, 0.1) is 0 Å². The number of pyridine rings is 1. The average molecular weight is 354 g/mol. The minimum atomic E-state index is -0.0701. The van der Waals surface area contributed by atoms with E-state index in [9.17, 15) is 9.59 Å². The monoisotopic (exact) mass is 354 g/mol. The Morgan fingerprint density at radius 2 is 1.62 bits per heavy atom. The van der Waals surface area contributed by atoms with Gasteiger partial charge in [0, 0.05) is 39.3 Å². The number of furan rings is 1. The maximum atomic E-state index is 12.4. The van der Waals surface area contributed by atoms with E-state index in [1.165, 1.54) is 6.26 Å². The molecule has 0 bridgehead atoms. The molecule has 4 heterocycles. The lowest BCUT2D eigenvalue weighted by Crippen LogP contribution is -2.48. The first kappa shape index (κ1) is 16.6.